The van der Waals surface area contributed by atoms with Gasteiger partial charge in [0, 0.05) is 0 Å². The van der Waals surface area contributed by atoms with Gasteiger partial charge in [-0.05, 0) is 0 Å². The Hall–Kier alpha value is -1.10. The highest BCUT2D eigenvalue weighted by Crippen LogP contribution is 2.67. The van der Waals surface area contributed by atoms with Crippen LogP contribution in [-0.4, -0.2) is 66.2 Å². The lowest BCUT2D eigenvalue weighted by Crippen LogP contribution is -2.83. The van der Waals surface area contributed by atoms with Gasteiger partial charge in [0.05, 0.1) is 0 Å². The van der Waals surface area contributed by atoms with Crippen molar-refractivity contribution in [3.8, 4) is 0 Å². The van der Waals surface area contributed by atoms with E-state index in [4.69, 9.17) is 0 Å². The molecular weight excluding hydrogens is 621 g/mol. The van der Waals surface area contributed by atoms with E-state index in [2.05, 4.69) is 11.1 Å². The lowest BCUT2D eigenvalue weighted by Gasteiger charge is -2.46. The van der Waals surface area contributed by atoms with Gasteiger partial charge in [-0.3, -0.25) is 0 Å². The Balaban J connectivity index is 7.47. The van der Waals surface area contributed by atoms with Gasteiger partial charge in [-0.1, -0.05) is 0 Å². The summed E-state index contributed by atoms with van der Waals surface area (Å²) in [5.41, 5.74) is -17.5. The minimum Gasteiger partial charge on any atom is -0.202 e. The van der Waals surface area contributed by atoms with E-state index in [1.807, 2.05) is 0 Å². The predicted octanol–water partition coefficient (Wildman–Crippen LogP) is 7.92. The molecule has 212 valence electrons. The first-order valence-corrected chi connectivity index (χ1v) is 10.0. The molecule has 0 bridgehead atoms. The van der Waals surface area contributed by atoms with Gasteiger partial charge in [0.2, 0.25) is 0 Å². The molecule has 35 heavy (non-hydrogen) atoms. The molecule has 0 aromatic rings. The first-order chi connectivity index (χ1) is 14.5. The number of alkyl halides is 23. The van der Waals surface area contributed by atoms with E-state index in [1.165, 1.54) is 0 Å². The van der Waals surface area contributed by atoms with E-state index in [9.17, 15) is 101 Å². The first-order valence-electron chi connectivity index (χ1n) is 7.04. The molecule has 0 aliphatic carbocycles. The summed E-state index contributed by atoms with van der Waals surface area (Å²) in [5.74, 6) is -53.7. The summed E-state index contributed by atoms with van der Waals surface area (Å²) < 4.78 is 296. The highest BCUT2D eigenvalue weighted by molar-refractivity contribution is 7.24. The van der Waals surface area contributed by atoms with Crippen LogP contribution in [0.2, 0.25) is 0 Å². The molecule has 0 aliphatic rings. The zero-order chi connectivity index (χ0) is 29.5. The Kier molecular flexibility index (Phi) is 7.70. The number of hydrogen-bond acceptors (Lipinski definition) is 0. The maximum atomic E-state index is 13.7. The molecule has 0 N–H and O–H groups in total. The lowest BCUT2D eigenvalue weighted by molar-refractivity contribution is -0.449. The van der Waals surface area contributed by atoms with Gasteiger partial charge in [-0.15, -0.1) is 11.1 Å². The summed E-state index contributed by atoms with van der Waals surface area (Å²) in [5, 5.41) is 0. The summed E-state index contributed by atoms with van der Waals surface area (Å²) in [4.78, 5) is 0. The second-order valence-electron chi connectivity index (χ2n) is 6.17. The second-order valence-corrected chi connectivity index (χ2v) is 11.0. The van der Waals surface area contributed by atoms with Crippen molar-refractivity contribution in [3.05, 3.63) is 0 Å². The van der Waals surface area contributed by atoms with Crippen molar-refractivity contribution < 1.29 is 101 Å². The summed E-state index contributed by atoms with van der Waals surface area (Å²) in [6.45, 7) is 0. The number of rotatable bonds is 7. The molecule has 0 aromatic carbocycles. The van der Waals surface area contributed by atoms with Crippen LogP contribution in [0.15, 0.2) is 0 Å². The Morgan fingerprint density at radius 3 is 0.800 bits per heavy atom. The van der Waals surface area contributed by atoms with E-state index < -0.39 is 66.2 Å². The van der Waals surface area contributed by atoms with Crippen molar-refractivity contribution in [2.45, 2.75) is 58.9 Å². The van der Waals surface area contributed by atoms with Gasteiger partial charge >= 0.3 is 66.2 Å². The van der Waals surface area contributed by atoms with Gasteiger partial charge in [-0.25, -0.2) is 8.78 Å². The Labute approximate surface area is 179 Å². The van der Waals surface area contributed by atoms with E-state index in [1.54, 1.807) is 0 Å². The Bertz CT molecular complexity index is 784. The monoisotopic (exact) mass is 620 g/mol. The van der Waals surface area contributed by atoms with Gasteiger partial charge in [-0.2, -0.15) is 92.2 Å². The van der Waals surface area contributed by atoms with Gasteiger partial charge < -0.3 is 0 Å². The van der Waals surface area contributed by atoms with E-state index in [0.29, 0.717) is 0 Å². The van der Waals surface area contributed by atoms with Crippen molar-refractivity contribution in [3.63, 3.8) is 0 Å². The van der Waals surface area contributed by atoms with Crippen LogP contribution < -0.4 is 0 Å². The topological polar surface area (TPSA) is 0 Å². The summed E-state index contributed by atoms with van der Waals surface area (Å²) in [6.07, 6.45) is -16.2. The van der Waals surface area contributed by atoms with E-state index in [0.717, 1.165) is 0 Å². The third-order valence-electron chi connectivity index (χ3n) is 3.94. The molecule has 0 rings (SSSR count). The Morgan fingerprint density at radius 2 is 0.571 bits per heavy atom. The molecule has 0 aliphatic heterocycles. The minimum absolute atomic E-state index is 3.42. The van der Waals surface area contributed by atoms with Gasteiger partial charge in [0.15, 0.2) is 0 Å². The number of hydrogen-bond donors (Lipinski definition) is 0. The molecule has 0 heterocycles. The molecule has 0 saturated heterocycles. The summed E-state index contributed by atoms with van der Waals surface area (Å²) >= 11 is 3.42. The van der Waals surface area contributed by atoms with Crippen molar-refractivity contribution >= 4 is 18.5 Å². The standard InChI is InChI=1S/C10ClF23Si/c11-35(10(32,33)34,9(30,31)7(25,26)27)8(28,29)5(20,21)3(16,17)1(12,13)2(14,15)4(18,19)6(22,23)24. The molecule has 0 nitrogen and oxygen atoms in total. The van der Waals surface area contributed by atoms with Crippen LogP contribution in [0, 0.1) is 0 Å². The average molecular weight is 621 g/mol. The molecular formula is C10ClF23Si. The minimum atomic E-state index is -10.5. The highest BCUT2D eigenvalue weighted by Gasteiger charge is 3.01. The second kappa shape index (κ2) is 7.95. The van der Waals surface area contributed by atoms with Gasteiger partial charge in [0.1, 0.15) is 0 Å². The zero-order valence-corrected chi connectivity index (χ0v) is 16.3. The maximum Gasteiger partial charge on any atom is 0.460 e. The molecule has 1 atom stereocenters. The van der Waals surface area contributed by atoms with Crippen molar-refractivity contribution in [2.75, 3.05) is 0 Å². The fourth-order valence-corrected chi connectivity index (χ4v) is 4.70. The molecule has 0 saturated carbocycles. The third-order valence-corrected chi connectivity index (χ3v) is 9.12. The normalized spacial score (nSPS) is 18.5. The van der Waals surface area contributed by atoms with E-state index >= 15 is 0 Å². The fourth-order valence-electron chi connectivity index (χ4n) is 1.93. The molecule has 0 spiro atoms. The lowest BCUT2D eigenvalue weighted by atomic mass is 9.94. The molecule has 0 radical (unpaired) electrons. The SMILES string of the molecule is FC(F)(F)C(F)(F)C(F)(F)C(F)(F)C(F)(F)C(F)(F)C(F)(F)[Si](Cl)(C(F)(F)F)C(F)(F)C(F)(F)F. The maximum absolute atomic E-state index is 13.7. The molecule has 25 heteroatoms. The molecule has 0 amide bonds. The van der Waals surface area contributed by atoms with Crippen LogP contribution in [0.4, 0.5) is 101 Å². The van der Waals surface area contributed by atoms with Crippen LogP contribution in [0.1, 0.15) is 0 Å². The first kappa shape index (κ1) is 33.9. The summed E-state index contributed by atoms with van der Waals surface area (Å²) in [7, 11) is -10.5. The van der Waals surface area contributed by atoms with Crippen LogP contribution in [0.5, 0.6) is 0 Å². The van der Waals surface area contributed by atoms with Gasteiger partial charge in [0.25, 0.3) is 0 Å². The van der Waals surface area contributed by atoms with Crippen molar-refractivity contribution in [1.82, 2.24) is 0 Å². The smallest absolute Gasteiger partial charge is 0.202 e. The quantitative estimate of drug-likeness (QED) is 0.154. The fraction of sp³-hybridized carbons (Fsp3) is 1.00. The highest BCUT2D eigenvalue weighted by atomic mass is 35.6. The van der Waals surface area contributed by atoms with Crippen LogP contribution in [0.25, 0.3) is 0 Å². The average Bonchev–Trinajstić information content (AvgIpc) is 2.56. The van der Waals surface area contributed by atoms with Crippen molar-refractivity contribution in [1.29, 1.82) is 0 Å². The molecule has 1 unspecified atom stereocenters. The van der Waals surface area contributed by atoms with Crippen LogP contribution >= 0.6 is 11.1 Å². The predicted molar refractivity (Wildman–Crippen MR) is 64.4 cm³/mol. The third kappa shape index (κ3) is 3.97. The largest absolute Gasteiger partial charge is 0.460 e. The molecule has 0 aromatic heterocycles. The Morgan fingerprint density at radius 1 is 0.314 bits per heavy atom. The van der Waals surface area contributed by atoms with E-state index in [-0.39, 0.29) is 0 Å². The zero-order valence-electron chi connectivity index (χ0n) is 14.6. The molecule has 0 fully saturated rings. The number of halogens is 24. The summed E-state index contributed by atoms with van der Waals surface area (Å²) in [6, 6.07) is 0. The van der Waals surface area contributed by atoms with Crippen LogP contribution in [-0.2, 0) is 0 Å². The van der Waals surface area contributed by atoms with Crippen molar-refractivity contribution in [2.24, 2.45) is 0 Å². The van der Waals surface area contributed by atoms with Crippen LogP contribution in [0.3, 0.4) is 0 Å².